The summed E-state index contributed by atoms with van der Waals surface area (Å²) in [6, 6.07) is 13.4. The number of aryl methyl sites for hydroxylation is 2. The van der Waals surface area contributed by atoms with Crippen LogP contribution in [0, 0.1) is 6.92 Å². The van der Waals surface area contributed by atoms with Crippen molar-refractivity contribution in [2.24, 2.45) is 0 Å². The number of amides is 2. The minimum Gasteiger partial charge on any atom is -0.486 e. The molecule has 1 atom stereocenters. The highest BCUT2D eigenvalue weighted by atomic mass is 16.6. The number of hydrogen-bond donors (Lipinski definition) is 1. The lowest BCUT2D eigenvalue weighted by atomic mass is 10.0. The number of benzene rings is 2. The minimum absolute atomic E-state index is 0.0395. The summed E-state index contributed by atoms with van der Waals surface area (Å²) >= 11 is 0. The van der Waals surface area contributed by atoms with E-state index in [0.29, 0.717) is 39.0 Å². The zero-order valence-electron chi connectivity index (χ0n) is 20.4. The van der Waals surface area contributed by atoms with E-state index in [2.05, 4.69) is 11.4 Å². The van der Waals surface area contributed by atoms with Crippen molar-refractivity contribution in [3.8, 4) is 11.5 Å². The van der Waals surface area contributed by atoms with E-state index >= 15 is 0 Å². The maximum atomic E-state index is 13.5. The third-order valence-electron chi connectivity index (χ3n) is 5.55. The number of nitrogens with one attached hydrogen (secondary N) is 1. The molecule has 2 amide bonds. The third-order valence-corrected chi connectivity index (χ3v) is 5.55. The summed E-state index contributed by atoms with van der Waals surface area (Å²) in [5.74, 6) is 1.30. The van der Waals surface area contributed by atoms with Crippen molar-refractivity contribution < 1.29 is 19.1 Å². The van der Waals surface area contributed by atoms with Crippen LogP contribution in [-0.4, -0.2) is 41.5 Å². The van der Waals surface area contributed by atoms with Gasteiger partial charge in [0.2, 0.25) is 11.8 Å². The van der Waals surface area contributed by atoms with Crippen LogP contribution in [0.15, 0.2) is 42.5 Å². The normalized spacial score (nSPS) is 13.8. The Labute approximate surface area is 197 Å². The lowest BCUT2D eigenvalue weighted by Crippen LogP contribution is -2.53. The lowest BCUT2D eigenvalue weighted by Gasteiger charge is -2.33. The molecule has 1 heterocycles. The highest BCUT2D eigenvalue weighted by Gasteiger charge is 2.30. The lowest BCUT2D eigenvalue weighted by molar-refractivity contribution is -0.142. The van der Waals surface area contributed by atoms with Gasteiger partial charge in [-0.2, -0.15) is 0 Å². The van der Waals surface area contributed by atoms with Crippen LogP contribution in [0.1, 0.15) is 57.2 Å². The second kappa shape index (κ2) is 10.7. The molecule has 1 aliphatic heterocycles. The Morgan fingerprint density at radius 1 is 1.03 bits per heavy atom. The first-order chi connectivity index (χ1) is 15.7. The molecule has 0 radical (unpaired) electrons. The van der Waals surface area contributed by atoms with Gasteiger partial charge in [0.1, 0.15) is 19.3 Å². The second-order valence-electron chi connectivity index (χ2n) is 9.65. The summed E-state index contributed by atoms with van der Waals surface area (Å²) in [7, 11) is 0. The Bertz CT molecular complexity index is 980. The van der Waals surface area contributed by atoms with Crippen LogP contribution in [0.5, 0.6) is 11.5 Å². The minimum atomic E-state index is -0.530. The SMILES string of the molecule is CC[C@@H](C(=O)NC(C)(C)C)N(Cc1cccc(C)c1)C(=O)CCc1ccc2c(c1)OCCO2. The van der Waals surface area contributed by atoms with Gasteiger partial charge < -0.3 is 19.7 Å². The van der Waals surface area contributed by atoms with Gasteiger partial charge in [0.25, 0.3) is 0 Å². The highest BCUT2D eigenvalue weighted by Crippen LogP contribution is 2.31. The van der Waals surface area contributed by atoms with E-state index in [4.69, 9.17) is 9.47 Å². The van der Waals surface area contributed by atoms with Gasteiger partial charge in [-0.15, -0.1) is 0 Å². The van der Waals surface area contributed by atoms with E-state index in [9.17, 15) is 9.59 Å². The summed E-state index contributed by atoms with van der Waals surface area (Å²) in [5, 5.41) is 3.05. The maximum absolute atomic E-state index is 13.5. The quantitative estimate of drug-likeness (QED) is 0.644. The Balaban J connectivity index is 1.78. The van der Waals surface area contributed by atoms with Crippen molar-refractivity contribution >= 4 is 11.8 Å². The fraction of sp³-hybridized carbons (Fsp3) is 0.481. The van der Waals surface area contributed by atoms with Gasteiger partial charge in [-0.25, -0.2) is 0 Å². The molecule has 0 spiro atoms. The summed E-state index contributed by atoms with van der Waals surface area (Å²) in [6.45, 7) is 11.3. The van der Waals surface area contributed by atoms with Crippen LogP contribution in [0.2, 0.25) is 0 Å². The number of carbonyl (C=O) groups is 2. The van der Waals surface area contributed by atoms with E-state index in [1.165, 1.54) is 0 Å². The summed E-state index contributed by atoms with van der Waals surface area (Å²) in [4.78, 5) is 28.3. The summed E-state index contributed by atoms with van der Waals surface area (Å²) < 4.78 is 11.3. The van der Waals surface area contributed by atoms with Gasteiger partial charge in [-0.3, -0.25) is 9.59 Å². The molecule has 3 rings (SSSR count). The van der Waals surface area contributed by atoms with Crippen molar-refractivity contribution in [1.29, 1.82) is 0 Å². The van der Waals surface area contributed by atoms with E-state index < -0.39 is 6.04 Å². The predicted molar refractivity (Wildman–Crippen MR) is 129 cm³/mol. The third kappa shape index (κ3) is 6.98. The first-order valence-electron chi connectivity index (χ1n) is 11.7. The van der Waals surface area contributed by atoms with Crippen LogP contribution >= 0.6 is 0 Å². The van der Waals surface area contributed by atoms with Crippen LogP contribution < -0.4 is 14.8 Å². The van der Waals surface area contributed by atoms with Crippen molar-refractivity contribution in [1.82, 2.24) is 10.2 Å². The van der Waals surface area contributed by atoms with Gasteiger partial charge in [-0.1, -0.05) is 42.8 Å². The molecule has 2 aromatic rings. The first-order valence-corrected chi connectivity index (χ1v) is 11.7. The Kier molecular flexibility index (Phi) is 8.01. The molecule has 1 N–H and O–H groups in total. The zero-order valence-corrected chi connectivity index (χ0v) is 20.4. The molecule has 6 heteroatoms. The average Bonchev–Trinajstić information content (AvgIpc) is 2.76. The van der Waals surface area contributed by atoms with Gasteiger partial charge in [-0.05, 0) is 63.8 Å². The van der Waals surface area contributed by atoms with Gasteiger partial charge in [0, 0.05) is 18.5 Å². The molecule has 0 saturated carbocycles. The molecule has 0 unspecified atom stereocenters. The van der Waals surface area contributed by atoms with Crippen molar-refractivity contribution in [2.75, 3.05) is 13.2 Å². The zero-order chi connectivity index (χ0) is 24.0. The molecule has 0 bridgehead atoms. The largest absolute Gasteiger partial charge is 0.486 e. The number of fused-ring (bicyclic) bond motifs is 1. The van der Waals surface area contributed by atoms with Crippen LogP contribution in [0.3, 0.4) is 0 Å². The summed E-state index contributed by atoms with van der Waals surface area (Å²) in [6.07, 6.45) is 1.42. The standard InChI is InChI=1S/C27H36N2O4/c1-6-22(26(31)28-27(3,4)5)29(18-21-9-7-8-19(2)16-21)25(30)13-11-20-10-12-23-24(17-20)33-15-14-32-23/h7-10,12,16-17,22H,6,11,13-15,18H2,1-5H3,(H,28,31)/t22-/m0/s1. The highest BCUT2D eigenvalue weighted by molar-refractivity contribution is 5.88. The van der Waals surface area contributed by atoms with Crippen molar-refractivity contribution in [3.63, 3.8) is 0 Å². The number of carbonyl (C=O) groups excluding carboxylic acids is 2. The smallest absolute Gasteiger partial charge is 0.243 e. The second-order valence-corrected chi connectivity index (χ2v) is 9.65. The number of hydrogen-bond acceptors (Lipinski definition) is 4. The predicted octanol–water partition coefficient (Wildman–Crippen LogP) is 4.42. The van der Waals surface area contributed by atoms with Crippen LogP contribution in [0.25, 0.3) is 0 Å². The molecule has 178 valence electrons. The van der Waals surface area contributed by atoms with Crippen molar-refractivity contribution in [3.05, 3.63) is 59.2 Å². The fourth-order valence-corrected chi connectivity index (χ4v) is 4.02. The summed E-state index contributed by atoms with van der Waals surface area (Å²) in [5.41, 5.74) is 2.79. The van der Waals surface area contributed by atoms with Gasteiger partial charge in [0.15, 0.2) is 11.5 Å². The topological polar surface area (TPSA) is 67.9 Å². The molecule has 0 fully saturated rings. The number of rotatable bonds is 8. The molecule has 2 aromatic carbocycles. The molecule has 33 heavy (non-hydrogen) atoms. The first kappa shape index (κ1) is 24.6. The van der Waals surface area contributed by atoms with Crippen LogP contribution in [0.4, 0.5) is 0 Å². The van der Waals surface area contributed by atoms with Crippen molar-refractivity contribution in [2.45, 2.75) is 72.0 Å². The molecule has 6 nitrogen and oxygen atoms in total. The Morgan fingerprint density at radius 2 is 1.76 bits per heavy atom. The maximum Gasteiger partial charge on any atom is 0.243 e. The number of ether oxygens (including phenoxy) is 2. The molecule has 0 aromatic heterocycles. The molecule has 1 aliphatic rings. The van der Waals surface area contributed by atoms with Gasteiger partial charge in [0.05, 0.1) is 0 Å². The molecular weight excluding hydrogens is 416 g/mol. The molecular formula is C27H36N2O4. The Hall–Kier alpha value is -3.02. The molecule has 0 aliphatic carbocycles. The fourth-order valence-electron chi connectivity index (χ4n) is 4.02. The van der Waals surface area contributed by atoms with E-state index in [1.807, 2.05) is 71.0 Å². The van der Waals surface area contributed by atoms with E-state index in [0.717, 1.165) is 28.2 Å². The van der Waals surface area contributed by atoms with Crippen LogP contribution in [-0.2, 0) is 22.6 Å². The average molecular weight is 453 g/mol. The van der Waals surface area contributed by atoms with E-state index in [1.54, 1.807) is 4.90 Å². The molecule has 0 saturated heterocycles. The number of nitrogens with zero attached hydrogens (tertiary/aromatic N) is 1. The van der Waals surface area contributed by atoms with Gasteiger partial charge >= 0.3 is 0 Å². The van der Waals surface area contributed by atoms with E-state index in [-0.39, 0.29) is 17.4 Å². The Morgan fingerprint density at radius 3 is 2.42 bits per heavy atom. The monoisotopic (exact) mass is 452 g/mol.